The standard InChI is InChI=1S/C44H39NS/c1-43(2,3)31-20-24-39-37(26-31)38-27-32(44(4,5)6)21-25-40(38)45(39)33-22-18-29(19-23-33)28-14-16-30(17-15-28)34-11-9-12-36-35-10-7-8-13-41(35)46-42(34)36/h7-27H,1-6H3. The first kappa shape index (κ1) is 28.8. The van der Waals surface area contributed by atoms with Crippen LogP contribution in [-0.2, 0) is 10.8 Å². The Bertz CT molecular complexity index is 2330. The Hall–Kier alpha value is -4.66. The fourth-order valence-corrected chi connectivity index (χ4v) is 8.09. The van der Waals surface area contributed by atoms with Gasteiger partial charge in [0.05, 0.1) is 11.0 Å². The molecule has 0 amide bonds. The number of aromatic nitrogens is 1. The zero-order chi connectivity index (χ0) is 31.8. The van der Waals surface area contributed by atoms with Gasteiger partial charge in [-0.3, -0.25) is 0 Å². The van der Waals surface area contributed by atoms with E-state index in [4.69, 9.17) is 0 Å². The van der Waals surface area contributed by atoms with Gasteiger partial charge in [-0.2, -0.15) is 0 Å². The van der Waals surface area contributed by atoms with Gasteiger partial charge in [-0.15, -0.1) is 11.3 Å². The van der Waals surface area contributed by atoms with E-state index in [0.717, 1.165) is 0 Å². The lowest BCUT2D eigenvalue weighted by Gasteiger charge is -2.19. The van der Waals surface area contributed by atoms with Crippen LogP contribution >= 0.6 is 11.3 Å². The minimum absolute atomic E-state index is 0.0891. The predicted molar refractivity (Wildman–Crippen MR) is 202 cm³/mol. The maximum absolute atomic E-state index is 2.43. The fraction of sp³-hybridized carbons (Fsp3) is 0.182. The molecule has 0 unspecified atom stereocenters. The molecule has 0 saturated heterocycles. The molecule has 0 aliphatic heterocycles. The summed E-state index contributed by atoms with van der Waals surface area (Å²) in [6.45, 7) is 13.8. The zero-order valence-corrected chi connectivity index (χ0v) is 28.3. The van der Waals surface area contributed by atoms with Crippen LogP contribution < -0.4 is 0 Å². The van der Waals surface area contributed by atoms with Crippen LogP contribution in [0.3, 0.4) is 0 Å². The molecule has 1 nitrogen and oxygen atoms in total. The van der Waals surface area contributed by atoms with Gasteiger partial charge in [-0.05, 0) is 86.7 Å². The summed E-state index contributed by atoms with van der Waals surface area (Å²) < 4.78 is 5.13. The number of hydrogen-bond acceptors (Lipinski definition) is 1. The Balaban J connectivity index is 1.18. The molecule has 0 bridgehead atoms. The van der Waals surface area contributed by atoms with Crippen molar-refractivity contribution in [3.05, 3.63) is 139 Å². The maximum atomic E-state index is 2.43. The van der Waals surface area contributed by atoms with Gasteiger partial charge in [0, 0.05) is 36.6 Å². The Labute approximate surface area is 275 Å². The Morgan fingerprint density at radius 1 is 0.457 bits per heavy atom. The molecular weight excluding hydrogens is 575 g/mol. The van der Waals surface area contributed by atoms with Crippen LogP contribution in [-0.4, -0.2) is 4.57 Å². The van der Waals surface area contributed by atoms with E-state index in [2.05, 4.69) is 174 Å². The quantitative estimate of drug-likeness (QED) is 0.187. The monoisotopic (exact) mass is 613 g/mol. The Kier molecular flexibility index (Phi) is 6.53. The van der Waals surface area contributed by atoms with Gasteiger partial charge in [0.25, 0.3) is 0 Å². The Morgan fingerprint density at radius 2 is 0.978 bits per heavy atom. The van der Waals surface area contributed by atoms with Crippen molar-refractivity contribution in [1.82, 2.24) is 4.57 Å². The molecule has 0 spiro atoms. The summed E-state index contributed by atoms with van der Waals surface area (Å²) in [5, 5.41) is 5.32. The molecule has 0 radical (unpaired) electrons. The maximum Gasteiger partial charge on any atom is 0.0541 e. The summed E-state index contributed by atoms with van der Waals surface area (Å²) in [6.07, 6.45) is 0. The number of hydrogen-bond donors (Lipinski definition) is 0. The minimum Gasteiger partial charge on any atom is -0.309 e. The highest BCUT2D eigenvalue weighted by atomic mass is 32.1. The lowest BCUT2D eigenvalue weighted by Crippen LogP contribution is -2.10. The van der Waals surface area contributed by atoms with E-state index in [0.29, 0.717) is 0 Å². The fourth-order valence-electron chi connectivity index (χ4n) is 6.85. The van der Waals surface area contributed by atoms with Gasteiger partial charge < -0.3 is 4.57 Å². The van der Waals surface area contributed by atoms with Gasteiger partial charge in [0.15, 0.2) is 0 Å². The topological polar surface area (TPSA) is 4.93 Å². The van der Waals surface area contributed by atoms with Crippen molar-refractivity contribution in [2.24, 2.45) is 0 Å². The van der Waals surface area contributed by atoms with Crippen LogP contribution in [0.5, 0.6) is 0 Å². The van der Waals surface area contributed by atoms with Gasteiger partial charge in [-0.1, -0.05) is 126 Å². The first-order valence-corrected chi connectivity index (χ1v) is 17.1. The second-order valence-electron chi connectivity index (χ2n) is 14.7. The molecule has 46 heavy (non-hydrogen) atoms. The van der Waals surface area contributed by atoms with Crippen molar-refractivity contribution in [2.45, 2.75) is 52.4 Å². The molecule has 0 aliphatic carbocycles. The van der Waals surface area contributed by atoms with Gasteiger partial charge >= 0.3 is 0 Å². The SMILES string of the molecule is CC(C)(C)c1ccc2c(c1)c1cc(C(C)(C)C)ccc1n2-c1ccc(-c2ccc(-c3cccc4c3sc3ccccc34)cc2)cc1. The summed E-state index contributed by atoms with van der Waals surface area (Å²) in [5.74, 6) is 0. The van der Waals surface area contributed by atoms with E-state index in [1.807, 2.05) is 11.3 Å². The van der Waals surface area contributed by atoms with E-state index < -0.39 is 0 Å². The molecule has 226 valence electrons. The van der Waals surface area contributed by atoms with Crippen molar-refractivity contribution in [2.75, 3.05) is 0 Å². The highest BCUT2D eigenvalue weighted by Gasteiger charge is 2.21. The average Bonchev–Trinajstić information content (AvgIpc) is 3.59. The smallest absolute Gasteiger partial charge is 0.0541 e. The van der Waals surface area contributed by atoms with E-state index >= 15 is 0 Å². The highest BCUT2D eigenvalue weighted by molar-refractivity contribution is 7.26. The zero-order valence-electron chi connectivity index (χ0n) is 27.5. The van der Waals surface area contributed by atoms with Crippen LogP contribution in [0.1, 0.15) is 52.7 Å². The molecule has 0 N–H and O–H groups in total. The summed E-state index contributed by atoms with van der Waals surface area (Å²) in [4.78, 5) is 0. The number of nitrogens with zero attached hydrogens (tertiary/aromatic N) is 1. The first-order chi connectivity index (χ1) is 22.1. The van der Waals surface area contributed by atoms with Crippen LogP contribution in [0.15, 0.2) is 127 Å². The average molecular weight is 614 g/mol. The second-order valence-corrected chi connectivity index (χ2v) is 15.8. The van der Waals surface area contributed by atoms with Gasteiger partial charge in [-0.25, -0.2) is 0 Å². The number of thiophene rings is 1. The largest absolute Gasteiger partial charge is 0.309 e. The lowest BCUT2D eigenvalue weighted by atomic mass is 9.85. The summed E-state index contributed by atoms with van der Waals surface area (Å²) in [6, 6.07) is 47.6. The molecule has 6 aromatic carbocycles. The summed E-state index contributed by atoms with van der Waals surface area (Å²) in [5.41, 5.74) is 11.6. The second kappa shape index (κ2) is 10.4. The Morgan fingerprint density at radius 3 is 1.57 bits per heavy atom. The molecule has 2 heteroatoms. The third kappa shape index (κ3) is 4.75. The number of benzene rings is 6. The van der Waals surface area contributed by atoms with Crippen LogP contribution in [0.25, 0.3) is 69.9 Å². The third-order valence-corrected chi connectivity index (χ3v) is 10.8. The van der Waals surface area contributed by atoms with Crippen molar-refractivity contribution in [3.63, 3.8) is 0 Å². The molecule has 8 rings (SSSR count). The normalized spacial score (nSPS) is 12.6. The minimum atomic E-state index is 0.0891. The van der Waals surface area contributed by atoms with Crippen molar-refractivity contribution in [1.29, 1.82) is 0 Å². The molecule has 2 aromatic heterocycles. The summed E-state index contributed by atoms with van der Waals surface area (Å²) in [7, 11) is 0. The van der Waals surface area contributed by atoms with Crippen molar-refractivity contribution in [3.8, 4) is 27.9 Å². The molecule has 0 fully saturated rings. The van der Waals surface area contributed by atoms with Crippen LogP contribution in [0.2, 0.25) is 0 Å². The number of fused-ring (bicyclic) bond motifs is 6. The summed E-state index contributed by atoms with van der Waals surface area (Å²) >= 11 is 1.89. The number of rotatable bonds is 3. The predicted octanol–water partition coefficient (Wildman–Crippen LogP) is 13.1. The molecular formula is C44H39NS. The highest BCUT2D eigenvalue weighted by Crippen LogP contribution is 2.41. The molecule has 0 aliphatic rings. The van der Waals surface area contributed by atoms with Crippen molar-refractivity contribution < 1.29 is 0 Å². The van der Waals surface area contributed by atoms with E-state index in [9.17, 15) is 0 Å². The van der Waals surface area contributed by atoms with Gasteiger partial charge in [0.1, 0.15) is 0 Å². The van der Waals surface area contributed by atoms with Crippen LogP contribution in [0, 0.1) is 0 Å². The molecule has 0 saturated carbocycles. The van der Waals surface area contributed by atoms with E-state index in [1.165, 1.54) is 81.0 Å². The first-order valence-electron chi connectivity index (χ1n) is 16.3. The van der Waals surface area contributed by atoms with E-state index in [1.54, 1.807) is 0 Å². The van der Waals surface area contributed by atoms with Crippen LogP contribution in [0.4, 0.5) is 0 Å². The van der Waals surface area contributed by atoms with Gasteiger partial charge in [0.2, 0.25) is 0 Å². The molecule has 8 aromatic rings. The van der Waals surface area contributed by atoms with Crippen molar-refractivity contribution >= 4 is 53.3 Å². The molecule has 2 heterocycles. The van der Waals surface area contributed by atoms with E-state index in [-0.39, 0.29) is 10.8 Å². The third-order valence-electron chi connectivity index (χ3n) is 9.56. The lowest BCUT2D eigenvalue weighted by molar-refractivity contribution is 0.590. The molecule has 0 atom stereocenters.